The largest absolute Gasteiger partial charge is 0.373 e. The molecular formula is C22H32ClN3O2. The first-order valence-corrected chi connectivity index (χ1v) is 10.6. The fraction of sp³-hybridized carbons (Fsp3) is 0.727. The molecule has 1 aliphatic heterocycles. The zero-order chi connectivity index (χ0) is 18.6. The molecule has 28 heavy (non-hydrogen) atoms. The number of primary amides is 1. The molecule has 4 aliphatic rings. The highest BCUT2D eigenvalue weighted by Gasteiger charge is 2.54. The number of nitrogens with zero attached hydrogens (tertiary/aromatic N) is 2. The molecule has 1 aromatic heterocycles. The van der Waals surface area contributed by atoms with Gasteiger partial charge in [0.15, 0.2) is 0 Å². The first kappa shape index (κ1) is 20.1. The second kappa shape index (κ2) is 7.58. The summed E-state index contributed by atoms with van der Waals surface area (Å²) in [5.41, 5.74) is 6.61. The van der Waals surface area contributed by atoms with E-state index in [0.29, 0.717) is 17.5 Å². The van der Waals surface area contributed by atoms with Crippen molar-refractivity contribution in [2.45, 2.75) is 44.1 Å². The Balaban J connectivity index is 0.00000192. The van der Waals surface area contributed by atoms with Gasteiger partial charge in [0, 0.05) is 44.8 Å². The molecule has 0 radical (unpaired) electrons. The molecule has 3 aliphatic carbocycles. The van der Waals surface area contributed by atoms with Crippen LogP contribution in [0.1, 0.15) is 54.6 Å². The number of pyridine rings is 1. The minimum atomic E-state index is -0.467. The number of carbonyl (C=O) groups is 1. The summed E-state index contributed by atoms with van der Waals surface area (Å²) in [4.78, 5) is 18.5. The van der Waals surface area contributed by atoms with Gasteiger partial charge in [0.1, 0.15) is 11.3 Å². The fourth-order valence-corrected chi connectivity index (χ4v) is 6.76. The summed E-state index contributed by atoms with van der Waals surface area (Å²) in [6.07, 6.45) is 9.77. The predicted molar refractivity (Wildman–Crippen MR) is 110 cm³/mol. The van der Waals surface area contributed by atoms with E-state index in [4.69, 9.17) is 10.5 Å². The van der Waals surface area contributed by atoms with Crippen LogP contribution in [0, 0.1) is 29.6 Å². The summed E-state index contributed by atoms with van der Waals surface area (Å²) in [7, 11) is 1.84. The maximum absolute atomic E-state index is 11.7. The summed E-state index contributed by atoms with van der Waals surface area (Å²) in [5.74, 6) is 3.49. The minimum Gasteiger partial charge on any atom is -0.373 e. The highest BCUT2D eigenvalue weighted by atomic mass is 35.5. The van der Waals surface area contributed by atoms with Crippen LogP contribution in [0.2, 0.25) is 0 Å². The Morgan fingerprint density at radius 2 is 1.93 bits per heavy atom. The monoisotopic (exact) mass is 405 g/mol. The predicted octanol–water partition coefficient (Wildman–Crippen LogP) is 3.22. The van der Waals surface area contributed by atoms with Crippen LogP contribution in [-0.4, -0.2) is 42.5 Å². The van der Waals surface area contributed by atoms with E-state index >= 15 is 0 Å². The highest BCUT2D eigenvalue weighted by Crippen LogP contribution is 2.55. The van der Waals surface area contributed by atoms with Crippen LogP contribution < -0.4 is 5.73 Å². The van der Waals surface area contributed by atoms with Gasteiger partial charge in [0.25, 0.3) is 5.91 Å². The van der Waals surface area contributed by atoms with E-state index in [-0.39, 0.29) is 18.0 Å². The Labute approximate surface area is 173 Å². The molecule has 0 aromatic carbocycles. The molecule has 6 heteroatoms. The molecule has 154 valence electrons. The molecule has 5 rings (SSSR count). The van der Waals surface area contributed by atoms with E-state index in [2.05, 4.69) is 9.88 Å². The van der Waals surface area contributed by atoms with Gasteiger partial charge < -0.3 is 15.4 Å². The number of nitrogens with two attached hydrogens (primary N) is 1. The number of halogens is 1. The molecule has 2 N–H and O–H groups in total. The standard InChI is InChI=1S/C22H31N3O2.ClH/c1-27-22(17-5-6-24-20(10-17)21(23)26)18-3-2-4-19(22)13-25(12-18)11-14-7-15-9-16(15)8-14;/h5-6,10,14-16,18-19H,2-4,7-9,11-13H2,1H3,(H2,23,26);1H/t14?,15-,16+,18?,19?,22?;. The first-order valence-electron chi connectivity index (χ1n) is 10.6. The number of hydrogen-bond acceptors (Lipinski definition) is 4. The van der Waals surface area contributed by atoms with Gasteiger partial charge in [-0.15, -0.1) is 12.4 Å². The minimum absolute atomic E-state index is 0. The van der Waals surface area contributed by atoms with Crippen molar-refractivity contribution in [1.82, 2.24) is 9.88 Å². The number of hydrogen-bond donors (Lipinski definition) is 1. The van der Waals surface area contributed by atoms with E-state index in [1.165, 1.54) is 45.1 Å². The van der Waals surface area contributed by atoms with Crippen LogP contribution in [0.15, 0.2) is 18.3 Å². The highest BCUT2D eigenvalue weighted by molar-refractivity contribution is 5.90. The Morgan fingerprint density at radius 3 is 2.54 bits per heavy atom. The Bertz CT molecular complexity index is 718. The third kappa shape index (κ3) is 3.25. The quantitative estimate of drug-likeness (QED) is 0.816. The van der Waals surface area contributed by atoms with Crippen LogP contribution in [-0.2, 0) is 10.3 Å². The number of fused-ring (bicyclic) bond motifs is 3. The van der Waals surface area contributed by atoms with E-state index < -0.39 is 5.91 Å². The number of piperidine rings is 1. The summed E-state index contributed by atoms with van der Waals surface area (Å²) in [6.45, 7) is 3.47. The molecule has 1 amide bonds. The van der Waals surface area contributed by atoms with E-state index in [1.807, 2.05) is 19.2 Å². The molecule has 2 heterocycles. The topological polar surface area (TPSA) is 68.5 Å². The third-order valence-electron chi connectivity index (χ3n) is 7.93. The van der Waals surface area contributed by atoms with Gasteiger partial charge in [0.05, 0.1) is 0 Å². The van der Waals surface area contributed by atoms with E-state index in [0.717, 1.165) is 36.4 Å². The van der Waals surface area contributed by atoms with Crippen LogP contribution in [0.4, 0.5) is 0 Å². The van der Waals surface area contributed by atoms with Gasteiger partial charge in [-0.3, -0.25) is 9.78 Å². The van der Waals surface area contributed by atoms with Crippen molar-refractivity contribution >= 4 is 18.3 Å². The SMILES string of the molecule is COC1(c2ccnc(C(N)=O)c2)C2CCCC1CN(CC1C[C@@H]3C[C@@H]3C1)C2.Cl. The normalized spacial score (nSPS) is 39.1. The van der Waals surface area contributed by atoms with Gasteiger partial charge in [0.2, 0.25) is 0 Å². The van der Waals surface area contributed by atoms with Crippen molar-refractivity contribution in [2.24, 2.45) is 35.3 Å². The summed E-state index contributed by atoms with van der Waals surface area (Å²) in [6, 6.07) is 3.90. The molecule has 3 saturated carbocycles. The first-order chi connectivity index (χ1) is 13.1. The molecule has 5 nitrogen and oxygen atoms in total. The maximum atomic E-state index is 11.7. The summed E-state index contributed by atoms with van der Waals surface area (Å²) in [5, 5.41) is 0. The number of aromatic nitrogens is 1. The van der Waals surface area contributed by atoms with Crippen molar-refractivity contribution < 1.29 is 9.53 Å². The number of likely N-dealkylation sites (tertiary alicyclic amines) is 1. The van der Waals surface area contributed by atoms with E-state index in [1.54, 1.807) is 6.20 Å². The lowest BCUT2D eigenvalue weighted by Gasteiger charge is -2.55. The number of methoxy groups -OCH3 is 1. The zero-order valence-electron chi connectivity index (χ0n) is 16.7. The number of ether oxygens (including phenoxy) is 1. The smallest absolute Gasteiger partial charge is 0.267 e. The molecule has 4 fully saturated rings. The summed E-state index contributed by atoms with van der Waals surface area (Å²) >= 11 is 0. The van der Waals surface area contributed by atoms with Crippen molar-refractivity contribution in [3.05, 3.63) is 29.6 Å². The second-order valence-corrected chi connectivity index (χ2v) is 9.43. The Morgan fingerprint density at radius 1 is 1.25 bits per heavy atom. The van der Waals surface area contributed by atoms with Crippen molar-refractivity contribution in [3.63, 3.8) is 0 Å². The maximum Gasteiger partial charge on any atom is 0.267 e. The molecule has 3 unspecified atom stereocenters. The van der Waals surface area contributed by atoms with Gasteiger partial charge in [-0.2, -0.15) is 0 Å². The second-order valence-electron chi connectivity index (χ2n) is 9.43. The molecule has 5 atom stereocenters. The Kier molecular flexibility index (Phi) is 5.45. The lowest BCUT2D eigenvalue weighted by Crippen LogP contribution is -2.59. The third-order valence-corrected chi connectivity index (χ3v) is 7.93. The van der Waals surface area contributed by atoms with Gasteiger partial charge >= 0.3 is 0 Å². The molecule has 0 spiro atoms. The van der Waals surface area contributed by atoms with Crippen LogP contribution in [0.5, 0.6) is 0 Å². The van der Waals surface area contributed by atoms with Gasteiger partial charge in [-0.25, -0.2) is 0 Å². The molecule has 1 aromatic rings. The number of rotatable bonds is 5. The molecule has 2 bridgehead atoms. The molecule has 1 saturated heterocycles. The van der Waals surface area contributed by atoms with E-state index in [9.17, 15) is 4.79 Å². The lowest BCUT2D eigenvalue weighted by atomic mass is 9.62. The van der Waals surface area contributed by atoms with Crippen LogP contribution in [0.25, 0.3) is 0 Å². The lowest BCUT2D eigenvalue weighted by molar-refractivity contribution is -0.170. The average molecular weight is 406 g/mol. The Hall–Kier alpha value is -1.17. The van der Waals surface area contributed by atoms with Gasteiger partial charge in [-0.1, -0.05) is 6.42 Å². The number of amides is 1. The average Bonchev–Trinajstić information content (AvgIpc) is 3.27. The van der Waals surface area contributed by atoms with Crippen LogP contribution >= 0.6 is 12.4 Å². The zero-order valence-corrected chi connectivity index (χ0v) is 17.5. The fourth-order valence-electron chi connectivity index (χ4n) is 6.76. The van der Waals surface area contributed by atoms with Crippen LogP contribution in [0.3, 0.4) is 0 Å². The van der Waals surface area contributed by atoms with Crippen molar-refractivity contribution in [3.8, 4) is 0 Å². The van der Waals surface area contributed by atoms with Gasteiger partial charge in [-0.05, 0) is 67.6 Å². The molecular weight excluding hydrogens is 374 g/mol. The van der Waals surface area contributed by atoms with Crippen molar-refractivity contribution in [1.29, 1.82) is 0 Å². The number of carbonyl (C=O) groups excluding carboxylic acids is 1. The van der Waals surface area contributed by atoms with Crippen molar-refractivity contribution in [2.75, 3.05) is 26.7 Å². The summed E-state index contributed by atoms with van der Waals surface area (Å²) < 4.78 is 6.30.